The van der Waals surface area contributed by atoms with Crippen LogP contribution in [0.1, 0.15) is 27.2 Å². The lowest BCUT2D eigenvalue weighted by molar-refractivity contribution is 0.197. The van der Waals surface area contributed by atoms with Gasteiger partial charge in [-0.2, -0.15) is 0 Å². The van der Waals surface area contributed by atoms with E-state index >= 15 is 0 Å². The number of aliphatic hydroxyl groups is 1. The van der Waals surface area contributed by atoms with E-state index in [1.54, 1.807) is 0 Å². The van der Waals surface area contributed by atoms with Crippen LogP contribution in [-0.2, 0) is 4.43 Å². The summed E-state index contributed by atoms with van der Waals surface area (Å²) in [6.07, 6.45) is 2.16. The highest BCUT2D eigenvalue weighted by atomic mass is 28.4. The van der Waals surface area contributed by atoms with Crippen LogP contribution in [0.3, 0.4) is 0 Å². The Bertz CT molecular complexity index is 253. The van der Waals surface area contributed by atoms with Gasteiger partial charge in [0, 0.05) is 0 Å². The van der Waals surface area contributed by atoms with Crippen LogP contribution in [0.4, 0.5) is 0 Å². The van der Waals surface area contributed by atoms with Gasteiger partial charge in [0.1, 0.15) is 0 Å². The minimum atomic E-state index is -1.83. The zero-order chi connectivity index (χ0) is 13.5. The molecule has 0 radical (unpaired) electrons. The average molecular weight is 257 g/mol. The first-order valence-corrected chi connectivity index (χ1v) is 9.47. The third kappa shape index (κ3) is 4.96. The van der Waals surface area contributed by atoms with Crippen molar-refractivity contribution >= 4 is 15.2 Å². The average Bonchev–Trinajstić information content (AvgIpc) is 2.32. The summed E-state index contributed by atoms with van der Waals surface area (Å²) in [6.45, 7) is 12.0. The number of aliphatic hydroxyl groups excluding tert-OH is 1. The fraction of sp³-hybridized carbons (Fsp3) is 0.833. The maximum atomic E-state index is 8.88. The first kappa shape index (κ1) is 16.9. The smallest absolute Gasteiger partial charge is 0.249 e. The van der Waals surface area contributed by atoms with Crippen molar-refractivity contribution in [2.45, 2.75) is 46.6 Å². The minimum absolute atomic E-state index is 0.106. The molecule has 0 bridgehead atoms. The molecule has 0 unspecified atom stereocenters. The lowest BCUT2D eigenvalue weighted by Crippen LogP contribution is -2.40. The van der Waals surface area contributed by atoms with Gasteiger partial charge in [-0.25, -0.2) is 0 Å². The Morgan fingerprint density at radius 1 is 1.35 bits per heavy atom. The maximum absolute atomic E-state index is 8.88. The summed E-state index contributed by atoms with van der Waals surface area (Å²) in [6, 6.07) is 0. The molecule has 2 N–H and O–H groups in total. The van der Waals surface area contributed by atoms with E-state index < -0.39 is 8.32 Å². The quantitative estimate of drug-likeness (QED) is 0.655. The molecule has 0 saturated heterocycles. The van der Waals surface area contributed by atoms with Gasteiger partial charge in [0.15, 0.2) is 0 Å². The van der Waals surface area contributed by atoms with Crippen LogP contribution in [0.5, 0.6) is 0 Å². The molecule has 5 heteroatoms. The Morgan fingerprint density at radius 3 is 2.29 bits per heavy atom. The van der Waals surface area contributed by atoms with Crippen LogP contribution < -0.4 is 5.23 Å². The molecular formula is C12H28BNO2Si. The number of nitrogens with one attached hydrogen (secondary N) is 1. The first-order chi connectivity index (χ1) is 7.94. The number of allylic oxidation sites excluding steroid dienone is 2. The highest BCUT2D eigenvalue weighted by Crippen LogP contribution is 2.23. The summed E-state index contributed by atoms with van der Waals surface area (Å²) in [5, 5.41) is 13.7. The minimum Gasteiger partial charge on any atom is -0.411 e. The molecule has 0 saturated carbocycles. The van der Waals surface area contributed by atoms with Crippen molar-refractivity contribution in [1.82, 2.24) is 5.23 Å². The Hall–Kier alpha value is -0.0982. The van der Waals surface area contributed by atoms with E-state index in [-0.39, 0.29) is 6.61 Å². The second-order valence-electron chi connectivity index (χ2n) is 4.84. The molecule has 0 atom stereocenters. The fourth-order valence-electron chi connectivity index (χ4n) is 2.19. The highest BCUT2D eigenvalue weighted by Gasteiger charge is 2.29. The predicted octanol–water partition coefficient (Wildman–Crippen LogP) is 2.24. The first-order valence-electron chi connectivity index (χ1n) is 6.56. The van der Waals surface area contributed by atoms with Crippen LogP contribution in [0.25, 0.3) is 0 Å². The zero-order valence-electron chi connectivity index (χ0n) is 12.3. The van der Waals surface area contributed by atoms with Gasteiger partial charge < -0.3 is 14.8 Å². The standard InChI is InChI=1S/C12H28BNO2Si/c1-7-12(13(8-2)14-4)11(3)17(5,6)16-10-9-15/h14-15H,7-10H2,1-6H3/b12-11-. The van der Waals surface area contributed by atoms with E-state index in [0.29, 0.717) is 13.5 Å². The van der Waals surface area contributed by atoms with Gasteiger partial charge in [0.2, 0.25) is 15.2 Å². The molecule has 0 spiro atoms. The van der Waals surface area contributed by atoms with Crippen LogP contribution >= 0.6 is 0 Å². The summed E-state index contributed by atoms with van der Waals surface area (Å²) >= 11 is 0. The molecule has 0 heterocycles. The molecule has 0 amide bonds. The van der Waals surface area contributed by atoms with Gasteiger partial charge in [-0.15, -0.1) is 0 Å². The third-order valence-electron chi connectivity index (χ3n) is 3.50. The Balaban J connectivity index is 5.05. The van der Waals surface area contributed by atoms with E-state index in [9.17, 15) is 0 Å². The number of hydrogen-bond acceptors (Lipinski definition) is 3. The molecule has 0 aliphatic heterocycles. The normalized spacial score (nSPS) is 13.6. The molecule has 0 rings (SSSR count). The maximum Gasteiger partial charge on any atom is 0.249 e. The van der Waals surface area contributed by atoms with Crippen molar-refractivity contribution < 1.29 is 9.53 Å². The van der Waals surface area contributed by atoms with Gasteiger partial charge in [0.25, 0.3) is 0 Å². The van der Waals surface area contributed by atoms with Crippen LogP contribution in [0.2, 0.25) is 19.4 Å². The summed E-state index contributed by atoms with van der Waals surface area (Å²) in [7, 11) is 0.187. The Kier molecular flexibility index (Phi) is 8.04. The zero-order valence-corrected chi connectivity index (χ0v) is 13.3. The van der Waals surface area contributed by atoms with Crippen LogP contribution in [-0.4, -0.2) is 40.5 Å². The summed E-state index contributed by atoms with van der Waals surface area (Å²) in [5.41, 5.74) is 1.48. The second kappa shape index (κ2) is 8.08. The van der Waals surface area contributed by atoms with Crippen LogP contribution in [0.15, 0.2) is 10.7 Å². The molecular weight excluding hydrogens is 229 g/mol. The van der Waals surface area contributed by atoms with Crippen molar-refractivity contribution in [3.05, 3.63) is 10.7 Å². The van der Waals surface area contributed by atoms with Gasteiger partial charge in [-0.05, 0) is 33.5 Å². The lowest BCUT2D eigenvalue weighted by Gasteiger charge is -2.28. The molecule has 0 aromatic heterocycles. The molecule has 3 nitrogen and oxygen atoms in total. The van der Waals surface area contributed by atoms with Gasteiger partial charge >= 0.3 is 0 Å². The van der Waals surface area contributed by atoms with Crippen molar-refractivity contribution in [1.29, 1.82) is 0 Å². The largest absolute Gasteiger partial charge is 0.411 e. The van der Waals surface area contributed by atoms with Crippen molar-refractivity contribution in [2.24, 2.45) is 0 Å². The molecule has 0 aliphatic rings. The number of rotatable bonds is 8. The van der Waals surface area contributed by atoms with E-state index in [2.05, 4.69) is 39.1 Å². The van der Waals surface area contributed by atoms with Crippen molar-refractivity contribution in [2.75, 3.05) is 20.3 Å². The van der Waals surface area contributed by atoms with Gasteiger partial charge in [0.05, 0.1) is 13.2 Å². The number of hydrogen-bond donors (Lipinski definition) is 2. The van der Waals surface area contributed by atoms with E-state index in [1.807, 2.05) is 7.05 Å². The summed E-state index contributed by atoms with van der Waals surface area (Å²) < 4.78 is 5.87. The Morgan fingerprint density at radius 2 is 1.94 bits per heavy atom. The van der Waals surface area contributed by atoms with E-state index in [1.165, 1.54) is 10.7 Å². The predicted molar refractivity (Wildman–Crippen MR) is 78.8 cm³/mol. The van der Waals surface area contributed by atoms with Crippen LogP contribution in [0, 0.1) is 0 Å². The fourth-order valence-corrected chi connectivity index (χ4v) is 4.14. The highest BCUT2D eigenvalue weighted by molar-refractivity contribution is 6.80. The Labute approximate surface area is 108 Å². The SMILES string of the molecule is CCB(NC)/C(CC)=C(/C)[Si](C)(C)OCCO. The van der Waals surface area contributed by atoms with Crippen molar-refractivity contribution in [3.63, 3.8) is 0 Å². The van der Waals surface area contributed by atoms with E-state index in [4.69, 9.17) is 9.53 Å². The van der Waals surface area contributed by atoms with E-state index in [0.717, 1.165) is 12.7 Å². The monoisotopic (exact) mass is 257 g/mol. The van der Waals surface area contributed by atoms with Crippen molar-refractivity contribution in [3.8, 4) is 0 Å². The molecule has 0 aromatic rings. The summed E-state index contributed by atoms with van der Waals surface area (Å²) in [4.78, 5) is 0. The molecule has 0 aromatic carbocycles. The molecule has 17 heavy (non-hydrogen) atoms. The molecule has 0 aliphatic carbocycles. The third-order valence-corrected chi connectivity index (χ3v) is 6.55. The lowest BCUT2D eigenvalue weighted by atomic mass is 9.52. The molecule has 0 fully saturated rings. The second-order valence-corrected chi connectivity index (χ2v) is 8.89. The summed E-state index contributed by atoms with van der Waals surface area (Å²) in [5.74, 6) is 0. The van der Waals surface area contributed by atoms with Gasteiger partial charge in [-0.1, -0.05) is 30.8 Å². The topological polar surface area (TPSA) is 41.5 Å². The molecule has 100 valence electrons. The van der Waals surface area contributed by atoms with Gasteiger partial charge in [-0.3, -0.25) is 0 Å².